The Kier molecular flexibility index (Phi) is 7.08. The minimum Gasteiger partial charge on any atom is -0.385 e. The van der Waals surface area contributed by atoms with Crippen LogP contribution in [0.25, 0.3) is 0 Å². The summed E-state index contributed by atoms with van der Waals surface area (Å²) in [5.41, 5.74) is 2.82. The smallest absolute Gasteiger partial charge is 0.261 e. The van der Waals surface area contributed by atoms with Crippen LogP contribution in [0.15, 0.2) is 83.8 Å². The summed E-state index contributed by atoms with van der Waals surface area (Å²) in [5.74, 6) is -0.231. The van der Waals surface area contributed by atoms with Gasteiger partial charge in [-0.3, -0.25) is 9.52 Å². The number of hydrogen-bond acceptors (Lipinski definition) is 4. The topological polar surface area (TPSA) is 87.3 Å². The van der Waals surface area contributed by atoms with Gasteiger partial charge in [0, 0.05) is 24.3 Å². The SMILES string of the molecule is Cc1ccccc1NS(=O)(=O)c1ccc(C(=O)NCCCNc2ccccc2)cc1. The monoisotopic (exact) mass is 423 g/mol. The summed E-state index contributed by atoms with van der Waals surface area (Å²) in [7, 11) is -3.72. The van der Waals surface area contributed by atoms with E-state index in [0.29, 0.717) is 17.8 Å². The molecule has 0 aliphatic rings. The molecule has 0 spiro atoms. The molecule has 0 unspecified atom stereocenters. The standard InChI is InChI=1S/C23H25N3O3S/c1-18-8-5-6-11-22(18)26-30(28,29)21-14-12-19(13-15-21)23(27)25-17-7-16-24-20-9-3-2-4-10-20/h2-6,8-15,24,26H,7,16-17H2,1H3,(H,25,27). The van der Waals surface area contributed by atoms with Gasteiger partial charge in [0.2, 0.25) is 0 Å². The molecule has 156 valence electrons. The second-order valence-corrected chi connectivity index (χ2v) is 8.53. The van der Waals surface area contributed by atoms with Crippen LogP contribution >= 0.6 is 0 Å². The Morgan fingerprint density at radius 1 is 0.833 bits per heavy atom. The van der Waals surface area contributed by atoms with Crippen molar-refractivity contribution >= 4 is 27.3 Å². The Balaban J connectivity index is 1.50. The number of sulfonamides is 1. The zero-order valence-electron chi connectivity index (χ0n) is 16.8. The van der Waals surface area contributed by atoms with Crippen LogP contribution in [0.4, 0.5) is 11.4 Å². The average Bonchev–Trinajstić information content (AvgIpc) is 2.76. The molecular weight excluding hydrogens is 398 g/mol. The molecule has 0 bridgehead atoms. The average molecular weight is 424 g/mol. The largest absolute Gasteiger partial charge is 0.385 e. The van der Waals surface area contributed by atoms with Gasteiger partial charge in [0.25, 0.3) is 15.9 Å². The van der Waals surface area contributed by atoms with E-state index in [1.165, 1.54) is 24.3 Å². The quantitative estimate of drug-likeness (QED) is 0.454. The summed E-state index contributed by atoms with van der Waals surface area (Å²) in [6, 6.07) is 22.9. The minimum atomic E-state index is -3.72. The van der Waals surface area contributed by atoms with Crippen LogP contribution < -0.4 is 15.4 Å². The third-order valence-electron chi connectivity index (χ3n) is 4.56. The van der Waals surface area contributed by atoms with Crippen molar-refractivity contribution in [2.24, 2.45) is 0 Å². The molecule has 0 fully saturated rings. The van der Waals surface area contributed by atoms with Gasteiger partial charge in [-0.05, 0) is 61.4 Å². The molecule has 0 heterocycles. The normalized spacial score (nSPS) is 11.0. The van der Waals surface area contributed by atoms with E-state index in [9.17, 15) is 13.2 Å². The first-order chi connectivity index (χ1) is 14.5. The first-order valence-electron chi connectivity index (χ1n) is 9.71. The van der Waals surface area contributed by atoms with Crippen molar-refractivity contribution in [3.63, 3.8) is 0 Å². The molecule has 3 rings (SSSR count). The number of carbonyl (C=O) groups excluding carboxylic acids is 1. The van der Waals surface area contributed by atoms with E-state index in [2.05, 4.69) is 15.4 Å². The summed E-state index contributed by atoms with van der Waals surface area (Å²) < 4.78 is 27.7. The Morgan fingerprint density at radius 3 is 2.20 bits per heavy atom. The van der Waals surface area contributed by atoms with Gasteiger partial charge in [0.15, 0.2) is 0 Å². The van der Waals surface area contributed by atoms with Gasteiger partial charge >= 0.3 is 0 Å². The first-order valence-corrected chi connectivity index (χ1v) is 11.2. The van der Waals surface area contributed by atoms with E-state index in [1.807, 2.05) is 49.4 Å². The lowest BCUT2D eigenvalue weighted by molar-refractivity contribution is 0.0953. The third kappa shape index (κ3) is 5.84. The summed E-state index contributed by atoms with van der Waals surface area (Å²) >= 11 is 0. The van der Waals surface area contributed by atoms with Crippen molar-refractivity contribution in [2.45, 2.75) is 18.2 Å². The number of hydrogen-bond donors (Lipinski definition) is 3. The predicted molar refractivity (Wildman–Crippen MR) is 120 cm³/mol. The summed E-state index contributed by atoms with van der Waals surface area (Å²) in [6.07, 6.45) is 0.771. The van der Waals surface area contributed by atoms with E-state index in [0.717, 1.165) is 24.2 Å². The lowest BCUT2D eigenvalue weighted by Gasteiger charge is -2.11. The highest BCUT2D eigenvalue weighted by Gasteiger charge is 2.16. The van der Waals surface area contributed by atoms with Crippen molar-refractivity contribution in [3.05, 3.63) is 90.0 Å². The Labute approximate surface area is 177 Å². The van der Waals surface area contributed by atoms with Crippen LogP contribution in [0, 0.1) is 6.92 Å². The first kappa shape index (κ1) is 21.4. The van der Waals surface area contributed by atoms with Crippen LogP contribution in [-0.4, -0.2) is 27.4 Å². The van der Waals surface area contributed by atoms with Gasteiger partial charge in [-0.2, -0.15) is 0 Å². The number of para-hydroxylation sites is 2. The zero-order chi connectivity index (χ0) is 21.4. The fourth-order valence-electron chi connectivity index (χ4n) is 2.86. The minimum absolute atomic E-state index is 0.106. The fourth-order valence-corrected chi connectivity index (χ4v) is 3.99. The zero-order valence-corrected chi connectivity index (χ0v) is 17.6. The van der Waals surface area contributed by atoms with Crippen LogP contribution in [0.1, 0.15) is 22.3 Å². The van der Waals surface area contributed by atoms with E-state index in [-0.39, 0.29) is 10.8 Å². The van der Waals surface area contributed by atoms with Crippen molar-refractivity contribution in [1.29, 1.82) is 0 Å². The van der Waals surface area contributed by atoms with Crippen molar-refractivity contribution in [2.75, 3.05) is 23.1 Å². The number of anilines is 2. The molecular formula is C23H25N3O3S. The Morgan fingerprint density at radius 2 is 1.50 bits per heavy atom. The summed E-state index contributed by atoms with van der Waals surface area (Å²) in [4.78, 5) is 12.4. The molecule has 30 heavy (non-hydrogen) atoms. The van der Waals surface area contributed by atoms with Crippen molar-refractivity contribution in [1.82, 2.24) is 5.32 Å². The highest BCUT2D eigenvalue weighted by atomic mass is 32.2. The lowest BCUT2D eigenvalue weighted by atomic mass is 10.2. The molecule has 0 saturated carbocycles. The number of carbonyl (C=O) groups is 1. The highest BCUT2D eigenvalue weighted by Crippen LogP contribution is 2.19. The van der Waals surface area contributed by atoms with Gasteiger partial charge in [0.1, 0.15) is 0 Å². The predicted octanol–water partition coefficient (Wildman–Crippen LogP) is 4.03. The Bertz CT molecular complexity index is 1080. The molecule has 0 saturated heterocycles. The lowest BCUT2D eigenvalue weighted by Crippen LogP contribution is -2.26. The fraction of sp³-hybridized carbons (Fsp3) is 0.174. The van der Waals surface area contributed by atoms with Gasteiger partial charge in [-0.25, -0.2) is 8.42 Å². The molecule has 7 heteroatoms. The van der Waals surface area contributed by atoms with Crippen LogP contribution in [-0.2, 0) is 10.0 Å². The molecule has 1 amide bonds. The molecule has 6 nitrogen and oxygen atoms in total. The van der Waals surface area contributed by atoms with E-state index < -0.39 is 10.0 Å². The van der Waals surface area contributed by atoms with Crippen molar-refractivity contribution < 1.29 is 13.2 Å². The molecule has 3 aromatic rings. The van der Waals surface area contributed by atoms with Crippen LogP contribution in [0.5, 0.6) is 0 Å². The van der Waals surface area contributed by atoms with E-state index in [4.69, 9.17) is 0 Å². The molecule has 0 aromatic heterocycles. The summed E-state index contributed by atoms with van der Waals surface area (Å²) in [6.45, 7) is 3.10. The molecule has 0 atom stereocenters. The maximum absolute atomic E-state index is 12.6. The third-order valence-corrected chi connectivity index (χ3v) is 5.94. The van der Waals surface area contributed by atoms with Crippen molar-refractivity contribution in [3.8, 4) is 0 Å². The highest BCUT2D eigenvalue weighted by molar-refractivity contribution is 7.92. The number of aryl methyl sites for hydroxylation is 1. The molecule has 0 radical (unpaired) electrons. The number of benzene rings is 3. The number of amides is 1. The van der Waals surface area contributed by atoms with Gasteiger partial charge in [-0.15, -0.1) is 0 Å². The van der Waals surface area contributed by atoms with Crippen LogP contribution in [0.3, 0.4) is 0 Å². The molecule has 3 N–H and O–H groups in total. The second-order valence-electron chi connectivity index (χ2n) is 6.85. The van der Waals surface area contributed by atoms with Gasteiger partial charge in [-0.1, -0.05) is 36.4 Å². The van der Waals surface area contributed by atoms with E-state index >= 15 is 0 Å². The van der Waals surface area contributed by atoms with E-state index in [1.54, 1.807) is 12.1 Å². The molecule has 3 aromatic carbocycles. The van der Waals surface area contributed by atoms with Gasteiger partial charge < -0.3 is 10.6 Å². The molecule has 0 aliphatic carbocycles. The molecule has 0 aliphatic heterocycles. The maximum atomic E-state index is 12.6. The van der Waals surface area contributed by atoms with Gasteiger partial charge in [0.05, 0.1) is 10.6 Å². The second kappa shape index (κ2) is 9.93. The number of nitrogens with one attached hydrogen (secondary N) is 3. The van der Waals surface area contributed by atoms with Crippen LogP contribution in [0.2, 0.25) is 0 Å². The Hall–Kier alpha value is -3.32. The summed E-state index contributed by atoms with van der Waals surface area (Å²) in [5, 5.41) is 6.13. The number of rotatable bonds is 9. The maximum Gasteiger partial charge on any atom is 0.261 e.